The number of hydrogen-bond donors (Lipinski definition) is 1. The Morgan fingerprint density at radius 2 is 2.12 bits per heavy atom. The van der Waals surface area contributed by atoms with Gasteiger partial charge in [-0.25, -0.2) is 9.07 Å². The molecule has 2 heterocycles. The lowest BCUT2D eigenvalue weighted by atomic mass is 10.0. The lowest BCUT2D eigenvalue weighted by Crippen LogP contribution is -2.44. The van der Waals surface area contributed by atoms with Gasteiger partial charge in [-0.1, -0.05) is 16.8 Å². The number of hydrogen-bond acceptors (Lipinski definition) is 4. The number of nitrogens with one attached hydrogen (secondary N) is 1. The maximum atomic E-state index is 14.1. The Labute approximate surface area is 144 Å². The van der Waals surface area contributed by atoms with Gasteiger partial charge in [-0.15, -0.1) is 5.10 Å². The molecule has 1 aromatic carbocycles. The van der Waals surface area contributed by atoms with Crippen LogP contribution in [0.2, 0.25) is 5.02 Å². The Balaban J connectivity index is 1.87. The second-order valence-corrected chi connectivity index (χ2v) is 6.36. The third kappa shape index (κ3) is 3.14. The number of piperidine rings is 1. The van der Waals surface area contributed by atoms with Gasteiger partial charge in [0.05, 0.1) is 5.69 Å². The van der Waals surface area contributed by atoms with Crippen molar-refractivity contribution >= 4 is 17.5 Å². The smallest absolute Gasteiger partial charge is 0.276 e. The molecule has 1 aliphatic heterocycles. The minimum Gasteiger partial charge on any atom is -0.337 e. The summed E-state index contributed by atoms with van der Waals surface area (Å²) < 4.78 is 15.4. The summed E-state index contributed by atoms with van der Waals surface area (Å²) in [5, 5.41) is 11.5. The van der Waals surface area contributed by atoms with Crippen LogP contribution in [0.1, 0.15) is 29.0 Å². The summed E-state index contributed by atoms with van der Waals surface area (Å²) in [5.41, 5.74) is 0.959. The van der Waals surface area contributed by atoms with E-state index in [0.717, 1.165) is 25.9 Å². The molecule has 8 heteroatoms. The van der Waals surface area contributed by atoms with Gasteiger partial charge in [0.1, 0.15) is 11.5 Å². The lowest BCUT2D eigenvalue weighted by Gasteiger charge is -2.31. The predicted octanol–water partition coefficient (Wildman–Crippen LogP) is 2.19. The van der Waals surface area contributed by atoms with E-state index in [1.54, 1.807) is 24.9 Å². The average Bonchev–Trinajstić information content (AvgIpc) is 2.96. The number of carbonyl (C=O) groups excluding carboxylic acids is 1. The maximum absolute atomic E-state index is 14.1. The van der Waals surface area contributed by atoms with Gasteiger partial charge < -0.3 is 10.2 Å². The summed E-state index contributed by atoms with van der Waals surface area (Å²) in [7, 11) is 1.78. The van der Waals surface area contributed by atoms with Crippen molar-refractivity contribution in [1.29, 1.82) is 0 Å². The zero-order valence-electron chi connectivity index (χ0n) is 13.6. The monoisotopic (exact) mass is 351 g/mol. The van der Waals surface area contributed by atoms with Gasteiger partial charge in [-0.2, -0.15) is 0 Å². The number of amides is 1. The molecule has 0 saturated carbocycles. The molecule has 1 fully saturated rings. The van der Waals surface area contributed by atoms with Crippen LogP contribution in [0.5, 0.6) is 0 Å². The van der Waals surface area contributed by atoms with Crippen molar-refractivity contribution in [3.8, 4) is 5.69 Å². The first-order valence-corrected chi connectivity index (χ1v) is 8.22. The Kier molecular flexibility index (Phi) is 4.82. The molecule has 0 bridgehead atoms. The highest BCUT2D eigenvalue weighted by Crippen LogP contribution is 2.21. The standard InChI is InChI=1S/C16H19ClFN5O/c1-10-15(16(24)22(2)12-5-7-19-8-6-12)20-21-23(10)14-4-3-11(17)9-13(14)18/h3-4,9,12,19H,5-8H2,1-2H3. The first-order valence-electron chi connectivity index (χ1n) is 7.84. The Hall–Kier alpha value is -1.99. The molecule has 0 unspecified atom stereocenters. The molecule has 0 aliphatic carbocycles. The predicted molar refractivity (Wildman–Crippen MR) is 89.0 cm³/mol. The van der Waals surface area contributed by atoms with E-state index in [2.05, 4.69) is 15.6 Å². The van der Waals surface area contributed by atoms with E-state index in [1.807, 2.05) is 0 Å². The van der Waals surface area contributed by atoms with Crippen molar-refractivity contribution in [1.82, 2.24) is 25.2 Å². The highest BCUT2D eigenvalue weighted by atomic mass is 35.5. The molecule has 128 valence electrons. The van der Waals surface area contributed by atoms with Gasteiger partial charge in [0.15, 0.2) is 5.69 Å². The lowest BCUT2D eigenvalue weighted by molar-refractivity contribution is 0.0696. The van der Waals surface area contributed by atoms with Crippen LogP contribution in [-0.4, -0.2) is 52.0 Å². The molecule has 1 amide bonds. The Morgan fingerprint density at radius 1 is 1.42 bits per heavy atom. The third-order valence-corrected chi connectivity index (χ3v) is 4.65. The number of carbonyl (C=O) groups is 1. The van der Waals surface area contributed by atoms with Crippen LogP contribution < -0.4 is 5.32 Å². The highest BCUT2D eigenvalue weighted by molar-refractivity contribution is 6.30. The largest absolute Gasteiger partial charge is 0.337 e. The molecule has 1 N–H and O–H groups in total. The van der Waals surface area contributed by atoms with Crippen molar-refractivity contribution in [3.63, 3.8) is 0 Å². The van der Waals surface area contributed by atoms with Crippen molar-refractivity contribution in [2.45, 2.75) is 25.8 Å². The maximum Gasteiger partial charge on any atom is 0.276 e. The molecule has 2 aromatic rings. The van der Waals surface area contributed by atoms with Crippen LogP contribution in [0.4, 0.5) is 4.39 Å². The Morgan fingerprint density at radius 3 is 2.79 bits per heavy atom. The molecule has 1 aromatic heterocycles. The molecule has 0 atom stereocenters. The van der Waals surface area contributed by atoms with Crippen LogP contribution in [0.25, 0.3) is 5.69 Å². The van der Waals surface area contributed by atoms with E-state index >= 15 is 0 Å². The van der Waals surface area contributed by atoms with Gasteiger partial charge in [-0.05, 0) is 51.1 Å². The fraction of sp³-hybridized carbons (Fsp3) is 0.438. The summed E-state index contributed by atoms with van der Waals surface area (Å²) in [6.45, 7) is 3.49. The van der Waals surface area contributed by atoms with Gasteiger partial charge in [0.25, 0.3) is 5.91 Å². The quantitative estimate of drug-likeness (QED) is 0.920. The zero-order valence-corrected chi connectivity index (χ0v) is 14.3. The van der Waals surface area contributed by atoms with E-state index in [4.69, 9.17) is 11.6 Å². The summed E-state index contributed by atoms with van der Waals surface area (Å²) in [6, 6.07) is 4.48. The fourth-order valence-electron chi connectivity index (χ4n) is 2.94. The molecule has 24 heavy (non-hydrogen) atoms. The molecule has 6 nitrogen and oxygen atoms in total. The van der Waals surface area contributed by atoms with Crippen LogP contribution in [0.15, 0.2) is 18.2 Å². The van der Waals surface area contributed by atoms with E-state index in [1.165, 1.54) is 16.8 Å². The SMILES string of the molecule is Cc1c(C(=O)N(C)C2CCNCC2)nnn1-c1ccc(Cl)cc1F. The molecule has 1 saturated heterocycles. The number of aromatic nitrogens is 3. The van der Waals surface area contributed by atoms with E-state index in [-0.39, 0.29) is 23.3 Å². The Bertz CT molecular complexity index is 757. The molecular weight excluding hydrogens is 333 g/mol. The second kappa shape index (κ2) is 6.86. The second-order valence-electron chi connectivity index (χ2n) is 5.93. The van der Waals surface area contributed by atoms with Crippen molar-refractivity contribution in [2.75, 3.05) is 20.1 Å². The van der Waals surface area contributed by atoms with Crippen LogP contribution in [0, 0.1) is 12.7 Å². The number of rotatable bonds is 3. The summed E-state index contributed by atoms with van der Waals surface area (Å²) in [4.78, 5) is 14.4. The first kappa shape index (κ1) is 16.9. The minimum atomic E-state index is -0.513. The van der Waals surface area contributed by atoms with Gasteiger partial charge >= 0.3 is 0 Å². The molecular formula is C16H19ClFN5O. The zero-order chi connectivity index (χ0) is 17.3. The molecule has 0 spiro atoms. The van der Waals surface area contributed by atoms with Crippen LogP contribution in [0.3, 0.4) is 0 Å². The van der Waals surface area contributed by atoms with Crippen LogP contribution >= 0.6 is 11.6 Å². The van der Waals surface area contributed by atoms with Gasteiger partial charge in [0.2, 0.25) is 0 Å². The summed E-state index contributed by atoms with van der Waals surface area (Å²) >= 11 is 5.78. The summed E-state index contributed by atoms with van der Waals surface area (Å²) in [5.74, 6) is -0.707. The summed E-state index contributed by atoms with van der Waals surface area (Å²) in [6.07, 6.45) is 1.81. The minimum absolute atomic E-state index is 0.176. The third-order valence-electron chi connectivity index (χ3n) is 4.41. The normalized spacial score (nSPS) is 15.5. The average molecular weight is 352 g/mol. The van der Waals surface area contributed by atoms with E-state index in [0.29, 0.717) is 10.7 Å². The van der Waals surface area contributed by atoms with Crippen molar-refractivity contribution in [2.24, 2.45) is 0 Å². The number of nitrogens with zero attached hydrogens (tertiary/aromatic N) is 4. The van der Waals surface area contributed by atoms with Crippen molar-refractivity contribution < 1.29 is 9.18 Å². The van der Waals surface area contributed by atoms with E-state index < -0.39 is 5.82 Å². The van der Waals surface area contributed by atoms with Gasteiger partial charge in [-0.3, -0.25) is 4.79 Å². The first-order chi connectivity index (χ1) is 11.5. The molecule has 3 rings (SSSR count). The van der Waals surface area contributed by atoms with Crippen LogP contribution in [-0.2, 0) is 0 Å². The number of halogens is 2. The van der Waals surface area contributed by atoms with Gasteiger partial charge in [0, 0.05) is 18.1 Å². The molecule has 1 aliphatic rings. The highest BCUT2D eigenvalue weighted by Gasteiger charge is 2.27. The van der Waals surface area contributed by atoms with E-state index in [9.17, 15) is 9.18 Å². The topological polar surface area (TPSA) is 63.1 Å². The molecule has 0 radical (unpaired) electrons. The van der Waals surface area contributed by atoms with Crippen molar-refractivity contribution in [3.05, 3.63) is 40.4 Å². The fourth-order valence-corrected chi connectivity index (χ4v) is 3.09. The number of benzene rings is 1.